The second-order valence-corrected chi connectivity index (χ2v) is 8.98. The fourth-order valence-electron chi connectivity index (χ4n) is 2.69. The molecule has 2 N–H and O–H groups in total. The summed E-state index contributed by atoms with van der Waals surface area (Å²) >= 11 is 13.4. The standard InChI is InChI=1S/C23H20Cl2N2O2S/c1-14-4-3-5-16(12-14)23(29)26-18-7-9-19(10-8-18)30-15(2)22(28)27-21-11-6-17(24)13-20(21)25/h3-13,15H,1-2H3,(H,26,29)(H,27,28). The van der Waals surface area contributed by atoms with Gasteiger partial charge in [-0.2, -0.15) is 0 Å². The summed E-state index contributed by atoms with van der Waals surface area (Å²) < 4.78 is 0. The number of benzene rings is 3. The molecule has 1 unspecified atom stereocenters. The van der Waals surface area contributed by atoms with Crippen molar-refractivity contribution in [1.82, 2.24) is 0 Å². The number of carbonyl (C=O) groups excluding carboxylic acids is 2. The minimum absolute atomic E-state index is 0.160. The minimum atomic E-state index is -0.343. The third-order valence-electron chi connectivity index (χ3n) is 4.26. The molecule has 7 heteroatoms. The maximum absolute atomic E-state index is 12.5. The predicted molar refractivity (Wildman–Crippen MR) is 126 cm³/mol. The van der Waals surface area contributed by atoms with Crippen molar-refractivity contribution in [2.75, 3.05) is 10.6 Å². The highest BCUT2D eigenvalue weighted by molar-refractivity contribution is 8.00. The van der Waals surface area contributed by atoms with E-state index in [1.54, 1.807) is 24.3 Å². The molecule has 1 atom stereocenters. The van der Waals surface area contributed by atoms with Crippen LogP contribution >= 0.6 is 35.0 Å². The largest absolute Gasteiger partial charge is 0.324 e. The van der Waals surface area contributed by atoms with E-state index in [-0.39, 0.29) is 17.1 Å². The number of anilines is 2. The zero-order valence-corrected chi connectivity index (χ0v) is 18.7. The number of aryl methyl sites for hydroxylation is 1. The average Bonchev–Trinajstić information content (AvgIpc) is 2.71. The Bertz CT molecular complexity index is 1070. The van der Waals surface area contributed by atoms with E-state index in [0.717, 1.165) is 10.5 Å². The summed E-state index contributed by atoms with van der Waals surface area (Å²) in [7, 11) is 0. The Morgan fingerprint density at radius 3 is 2.33 bits per heavy atom. The van der Waals surface area contributed by atoms with Gasteiger partial charge in [0.15, 0.2) is 0 Å². The van der Waals surface area contributed by atoms with Crippen LogP contribution in [0.15, 0.2) is 71.6 Å². The van der Waals surface area contributed by atoms with Crippen LogP contribution in [0.4, 0.5) is 11.4 Å². The zero-order valence-electron chi connectivity index (χ0n) is 16.4. The average molecular weight is 459 g/mol. The summed E-state index contributed by atoms with van der Waals surface area (Å²) in [5.74, 6) is -0.326. The quantitative estimate of drug-likeness (QED) is 0.405. The first-order chi connectivity index (χ1) is 14.3. The maximum Gasteiger partial charge on any atom is 0.255 e. The first-order valence-corrected chi connectivity index (χ1v) is 10.9. The molecule has 4 nitrogen and oxygen atoms in total. The molecule has 2 amide bonds. The van der Waals surface area contributed by atoms with E-state index in [1.807, 2.05) is 56.3 Å². The molecule has 3 aromatic rings. The van der Waals surface area contributed by atoms with E-state index in [4.69, 9.17) is 23.2 Å². The van der Waals surface area contributed by atoms with Gasteiger partial charge in [0.1, 0.15) is 0 Å². The molecule has 0 heterocycles. The second-order valence-electron chi connectivity index (χ2n) is 6.72. The SMILES string of the molecule is Cc1cccc(C(=O)Nc2ccc(SC(C)C(=O)Nc3ccc(Cl)cc3Cl)cc2)c1. The number of hydrogen-bond donors (Lipinski definition) is 2. The molecule has 0 saturated carbocycles. The van der Waals surface area contributed by atoms with Crippen molar-refractivity contribution in [1.29, 1.82) is 0 Å². The van der Waals surface area contributed by atoms with Crippen molar-refractivity contribution in [2.45, 2.75) is 24.0 Å². The van der Waals surface area contributed by atoms with Crippen molar-refractivity contribution in [3.63, 3.8) is 0 Å². The van der Waals surface area contributed by atoms with Crippen LogP contribution in [0.3, 0.4) is 0 Å². The number of hydrogen-bond acceptors (Lipinski definition) is 3. The number of carbonyl (C=O) groups is 2. The van der Waals surface area contributed by atoms with Gasteiger partial charge in [0.05, 0.1) is 16.0 Å². The normalized spacial score (nSPS) is 11.6. The summed E-state index contributed by atoms with van der Waals surface area (Å²) in [4.78, 5) is 25.7. The highest BCUT2D eigenvalue weighted by Gasteiger charge is 2.16. The van der Waals surface area contributed by atoms with E-state index < -0.39 is 0 Å². The molecular formula is C23H20Cl2N2O2S. The molecule has 3 aromatic carbocycles. The van der Waals surface area contributed by atoms with Crippen molar-refractivity contribution in [3.05, 3.63) is 87.9 Å². The molecule has 0 aliphatic rings. The van der Waals surface area contributed by atoms with Gasteiger partial charge in [-0.15, -0.1) is 11.8 Å². The van der Waals surface area contributed by atoms with Gasteiger partial charge in [-0.05, 0) is 68.4 Å². The third-order valence-corrected chi connectivity index (χ3v) is 5.92. The Labute approximate surface area is 190 Å². The van der Waals surface area contributed by atoms with Crippen molar-refractivity contribution >= 4 is 58.2 Å². The topological polar surface area (TPSA) is 58.2 Å². The van der Waals surface area contributed by atoms with Gasteiger partial charge in [0.2, 0.25) is 5.91 Å². The van der Waals surface area contributed by atoms with Crippen LogP contribution in [0, 0.1) is 6.92 Å². The molecule has 0 fully saturated rings. The molecule has 0 radical (unpaired) electrons. The summed E-state index contributed by atoms with van der Waals surface area (Å²) in [6.07, 6.45) is 0. The number of rotatable bonds is 6. The number of nitrogens with one attached hydrogen (secondary N) is 2. The van der Waals surface area contributed by atoms with Crippen LogP contribution in [0.5, 0.6) is 0 Å². The fraction of sp³-hybridized carbons (Fsp3) is 0.130. The van der Waals surface area contributed by atoms with E-state index in [9.17, 15) is 9.59 Å². The van der Waals surface area contributed by atoms with Crippen LogP contribution < -0.4 is 10.6 Å². The van der Waals surface area contributed by atoms with Gasteiger partial charge in [-0.1, -0.05) is 40.9 Å². The third kappa shape index (κ3) is 6.02. The fourth-order valence-corrected chi connectivity index (χ4v) is 4.01. The minimum Gasteiger partial charge on any atom is -0.324 e. The summed E-state index contributed by atoms with van der Waals surface area (Å²) in [6.45, 7) is 3.76. The predicted octanol–water partition coefficient (Wildman–Crippen LogP) is 6.67. The highest BCUT2D eigenvalue weighted by Crippen LogP contribution is 2.28. The monoisotopic (exact) mass is 458 g/mol. The zero-order chi connectivity index (χ0) is 21.7. The van der Waals surface area contributed by atoms with Gasteiger partial charge in [0, 0.05) is 21.2 Å². The Morgan fingerprint density at radius 2 is 1.67 bits per heavy atom. The second kappa shape index (κ2) is 10.0. The van der Waals surface area contributed by atoms with Gasteiger partial charge < -0.3 is 10.6 Å². The first-order valence-electron chi connectivity index (χ1n) is 9.22. The van der Waals surface area contributed by atoms with E-state index in [2.05, 4.69) is 10.6 Å². The lowest BCUT2D eigenvalue weighted by Crippen LogP contribution is -2.22. The summed E-state index contributed by atoms with van der Waals surface area (Å²) in [5.41, 5.74) is 2.85. The molecule has 154 valence electrons. The molecule has 0 saturated heterocycles. The lowest BCUT2D eigenvalue weighted by molar-refractivity contribution is -0.115. The van der Waals surface area contributed by atoms with Crippen LogP contribution in [-0.4, -0.2) is 17.1 Å². The van der Waals surface area contributed by atoms with Crippen molar-refractivity contribution < 1.29 is 9.59 Å². The van der Waals surface area contributed by atoms with Gasteiger partial charge >= 0.3 is 0 Å². The maximum atomic E-state index is 12.5. The van der Waals surface area contributed by atoms with Crippen molar-refractivity contribution in [3.8, 4) is 0 Å². The molecule has 30 heavy (non-hydrogen) atoms. The Kier molecular flexibility index (Phi) is 7.43. The van der Waals surface area contributed by atoms with E-state index >= 15 is 0 Å². The molecule has 0 aromatic heterocycles. The molecule has 0 aliphatic heterocycles. The van der Waals surface area contributed by atoms with Gasteiger partial charge in [-0.25, -0.2) is 0 Å². The van der Waals surface area contributed by atoms with Crippen molar-refractivity contribution in [2.24, 2.45) is 0 Å². The Balaban J connectivity index is 1.58. The van der Waals surface area contributed by atoms with E-state index in [1.165, 1.54) is 11.8 Å². The highest BCUT2D eigenvalue weighted by atomic mass is 35.5. The summed E-state index contributed by atoms with van der Waals surface area (Å²) in [5, 5.41) is 6.25. The van der Waals surface area contributed by atoms with Crippen LogP contribution in [-0.2, 0) is 4.79 Å². The molecule has 0 spiro atoms. The first kappa shape index (κ1) is 22.2. The lowest BCUT2D eigenvalue weighted by Gasteiger charge is -2.13. The Hall–Kier alpha value is -2.47. The molecule has 0 bridgehead atoms. The summed E-state index contributed by atoms with van der Waals surface area (Å²) in [6, 6.07) is 19.7. The van der Waals surface area contributed by atoms with Crippen LogP contribution in [0.1, 0.15) is 22.8 Å². The van der Waals surface area contributed by atoms with Crippen LogP contribution in [0.25, 0.3) is 0 Å². The number of thioether (sulfide) groups is 1. The van der Waals surface area contributed by atoms with Gasteiger partial charge in [0.25, 0.3) is 5.91 Å². The molecule has 3 rings (SSSR count). The van der Waals surface area contributed by atoms with E-state index in [0.29, 0.717) is 27.0 Å². The number of amides is 2. The molecular weight excluding hydrogens is 439 g/mol. The number of halogens is 2. The smallest absolute Gasteiger partial charge is 0.255 e. The molecule has 0 aliphatic carbocycles. The Morgan fingerprint density at radius 1 is 0.933 bits per heavy atom. The van der Waals surface area contributed by atoms with Crippen LogP contribution in [0.2, 0.25) is 10.0 Å². The van der Waals surface area contributed by atoms with Gasteiger partial charge in [-0.3, -0.25) is 9.59 Å². The lowest BCUT2D eigenvalue weighted by atomic mass is 10.1.